The number of amides is 1. The average molecular weight is 156 g/mol. The van der Waals surface area contributed by atoms with Gasteiger partial charge in [-0.2, -0.15) is 0 Å². The Balaban J connectivity index is 2.58. The average Bonchev–Trinajstić information content (AvgIpc) is 1.94. The molecule has 1 saturated heterocycles. The summed E-state index contributed by atoms with van der Waals surface area (Å²) < 4.78 is 0. The molecule has 1 amide bonds. The Morgan fingerprint density at radius 3 is 2.73 bits per heavy atom. The molecule has 3 heteroatoms. The highest BCUT2D eigenvalue weighted by Crippen LogP contribution is 2.07. The molecule has 1 N–H and O–H groups in total. The van der Waals surface area contributed by atoms with Crippen molar-refractivity contribution in [1.29, 1.82) is 0 Å². The molecule has 1 aliphatic rings. The van der Waals surface area contributed by atoms with Crippen LogP contribution >= 0.6 is 0 Å². The molecule has 3 nitrogen and oxygen atoms in total. The Kier molecular flexibility index (Phi) is 2.49. The Morgan fingerprint density at radius 2 is 2.27 bits per heavy atom. The van der Waals surface area contributed by atoms with E-state index < -0.39 is 0 Å². The normalized spacial score (nSPS) is 27.3. The van der Waals surface area contributed by atoms with Crippen LogP contribution in [0.1, 0.15) is 20.8 Å². The van der Waals surface area contributed by atoms with Crippen molar-refractivity contribution in [3.05, 3.63) is 0 Å². The molecule has 0 aromatic carbocycles. The van der Waals surface area contributed by atoms with Crippen LogP contribution < -0.4 is 5.32 Å². The first kappa shape index (κ1) is 8.53. The summed E-state index contributed by atoms with van der Waals surface area (Å²) in [7, 11) is 0. The summed E-state index contributed by atoms with van der Waals surface area (Å²) in [4.78, 5) is 13.4. The molecule has 11 heavy (non-hydrogen) atoms. The fraction of sp³-hybridized carbons (Fsp3) is 0.875. The second-order valence-electron chi connectivity index (χ2n) is 3.30. The number of hydrogen-bond donors (Lipinski definition) is 1. The molecule has 1 atom stereocenters. The molecular formula is C8H16N2O. The summed E-state index contributed by atoms with van der Waals surface area (Å²) in [6.45, 7) is 7.96. The first-order valence-corrected chi connectivity index (χ1v) is 4.16. The van der Waals surface area contributed by atoms with Crippen molar-refractivity contribution in [3.8, 4) is 0 Å². The minimum absolute atomic E-state index is 0.0451. The maximum Gasteiger partial charge on any atom is 0.237 e. The number of piperazine rings is 1. The minimum Gasteiger partial charge on any atom is -0.353 e. The second-order valence-corrected chi connectivity index (χ2v) is 3.30. The van der Waals surface area contributed by atoms with Crippen molar-refractivity contribution >= 4 is 5.91 Å². The molecule has 1 unspecified atom stereocenters. The molecule has 1 aliphatic heterocycles. The van der Waals surface area contributed by atoms with Gasteiger partial charge < -0.3 is 5.32 Å². The Morgan fingerprint density at radius 1 is 1.64 bits per heavy atom. The van der Waals surface area contributed by atoms with Crippen LogP contribution in [0.3, 0.4) is 0 Å². The van der Waals surface area contributed by atoms with Gasteiger partial charge in [0.2, 0.25) is 5.91 Å². The lowest BCUT2D eigenvalue weighted by Crippen LogP contribution is -2.55. The van der Waals surface area contributed by atoms with E-state index in [9.17, 15) is 4.79 Å². The molecule has 0 saturated carbocycles. The molecule has 1 heterocycles. The van der Waals surface area contributed by atoms with Crippen molar-refractivity contribution in [2.45, 2.75) is 32.9 Å². The zero-order valence-electron chi connectivity index (χ0n) is 7.42. The summed E-state index contributed by atoms with van der Waals surface area (Å²) in [5.41, 5.74) is 0. The van der Waals surface area contributed by atoms with Crippen LogP contribution in [0, 0.1) is 0 Å². The summed E-state index contributed by atoms with van der Waals surface area (Å²) in [6, 6.07) is 0.514. The van der Waals surface area contributed by atoms with Crippen LogP contribution in [0.25, 0.3) is 0 Å². The SMILES string of the molecule is CC(C)N1CCNC(=O)C1C. The van der Waals surface area contributed by atoms with Gasteiger partial charge >= 0.3 is 0 Å². The Hall–Kier alpha value is -0.570. The zero-order valence-corrected chi connectivity index (χ0v) is 7.42. The Bertz CT molecular complexity index is 156. The van der Waals surface area contributed by atoms with Gasteiger partial charge in [-0.05, 0) is 20.8 Å². The van der Waals surface area contributed by atoms with Gasteiger partial charge in [0.05, 0.1) is 6.04 Å². The lowest BCUT2D eigenvalue weighted by Gasteiger charge is -2.35. The molecule has 0 bridgehead atoms. The van der Waals surface area contributed by atoms with Crippen LogP contribution in [0.15, 0.2) is 0 Å². The standard InChI is InChI=1S/C8H16N2O/c1-6(2)10-5-4-9-8(11)7(10)3/h6-7H,4-5H2,1-3H3,(H,9,11). The largest absolute Gasteiger partial charge is 0.353 e. The highest BCUT2D eigenvalue weighted by molar-refractivity contribution is 5.82. The third kappa shape index (κ3) is 1.71. The smallest absolute Gasteiger partial charge is 0.237 e. The van der Waals surface area contributed by atoms with Crippen LogP contribution in [0.2, 0.25) is 0 Å². The van der Waals surface area contributed by atoms with Gasteiger partial charge in [0, 0.05) is 19.1 Å². The lowest BCUT2D eigenvalue weighted by molar-refractivity contribution is -0.129. The third-order valence-corrected chi connectivity index (χ3v) is 2.21. The van der Waals surface area contributed by atoms with E-state index in [1.54, 1.807) is 0 Å². The van der Waals surface area contributed by atoms with Crippen LogP contribution in [-0.4, -0.2) is 36.0 Å². The molecular weight excluding hydrogens is 140 g/mol. The van der Waals surface area contributed by atoms with Gasteiger partial charge in [-0.25, -0.2) is 0 Å². The predicted octanol–water partition coefficient (Wildman–Crippen LogP) is 0.215. The topological polar surface area (TPSA) is 32.3 Å². The van der Waals surface area contributed by atoms with Crippen molar-refractivity contribution in [2.24, 2.45) is 0 Å². The fourth-order valence-electron chi connectivity index (χ4n) is 1.51. The van der Waals surface area contributed by atoms with Crippen LogP contribution in [0.4, 0.5) is 0 Å². The first-order chi connectivity index (χ1) is 5.13. The summed E-state index contributed by atoms with van der Waals surface area (Å²) in [5.74, 6) is 0.157. The molecule has 1 fully saturated rings. The van der Waals surface area contributed by atoms with Crippen molar-refractivity contribution < 1.29 is 4.79 Å². The molecule has 0 aromatic rings. The molecule has 0 aliphatic carbocycles. The van der Waals surface area contributed by atoms with Crippen molar-refractivity contribution in [1.82, 2.24) is 10.2 Å². The number of nitrogens with one attached hydrogen (secondary N) is 1. The lowest BCUT2D eigenvalue weighted by atomic mass is 10.1. The van der Waals surface area contributed by atoms with E-state index in [0.717, 1.165) is 13.1 Å². The maximum atomic E-state index is 11.2. The van der Waals surface area contributed by atoms with Gasteiger partial charge in [0.15, 0.2) is 0 Å². The van der Waals surface area contributed by atoms with Gasteiger partial charge in [0.25, 0.3) is 0 Å². The van der Waals surface area contributed by atoms with Crippen LogP contribution in [-0.2, 0) is 4.79 Å². The molecule has 64 valence electrons. The quantitative estimate of drug-likeness (QED) is 0.589. The molecule has 0 spiro atoms. The van der Waals surface area contributed by atoms with Crippen molar-refractivity contribution in [2.75, 3.05) is 13.1 Å². The fourth-order valence-corrected chi connectivity index (χ4v) is 1.51. The van der Waals surface area contributed by atoms with Crippen LogP contribution in [0.5, 0.6) is 0 Å². The monoisotopic (exact) mass is 156 g/mol. The highest BCUT2D eigenvalue weighted by Gasteiger charge is 2.26. The minimum atomic E-state index is 0.0451. The highest BCUT2D eigenvalue weighted by atomic mass is 16.2. The number of rotatable bonds is 1. The van der Waals surface area contributed by atoms with E-state index in [2.05, 4.69) is 24.1 Å². The maximum absolute atomic E-state index is 11.2. The molecule has 0 radical (unpaired) electrons. The number of nitrogens with zero attached hydrogens (tertiary/aromatic N) is 1. The summed E-state index contributed by atoms with van der Waals surface area (Å²) >= 11 is 0. The van der Waals surface area contributed by atoms with E-state index >= 15 is 0 Å². The van der Waals surface area contributed by atoms with E-state index in [1.165, 1.54) is 0 Å². The second kappa shape index (κ2) is 3.22. The van der Waals surface area contributed by atoms with Crippen molar-refractivity contribution in [3.63, 3.8) is 0 Å². The van der Waals surface area contributed by atoms with Gasteiger partial charge in [-0.1, -0.05) is 0 Å². The van der Waals surface area contributed by atoms with Gasteiger partial charge in [0.1, 0.15) is 0 Å². The van der Waals surface area contributed by atoms with Gasteiger partial charge in [-0.3, -0.25) is 9.69 Å². The summed E-state index contributed by atoms with van der Waals surface area (Å²) in [6.07, 6.45) is 0. The van der Waals surface area contributed by atoms with E-state index in [1.807, 2.05) is 6.92 Å². The number of hydrogen-bond acceptors (Lipinski definition) is 2. The first-order valence-electron chi connectivity index (χ1n) is 4.16. The predicted molar refractivity (Wildman–Crippen MR) is 44.3 cm³/mol. The Labute approximate surface area is 67.8 Å². The molecule has 1 rings (SSSR count). The zero-order chi connectivity index (χ0) is 8.43. The number of carbonyl (C=O) groups excluding carboxylic acids is 1. The summed E-state index contributed by atoms with van der Waals surface area (Å²) in [5, 5.41) is 2.84. The van der Waals surface area contributed by atoms with E-state index in [4.69, 9.17) is 0 Å². The van der Waals surface area contributed by atoms with E-state index in [0.29, 0.717) is 6.04 Å². The number of carbonyl (C=O) groups is 1. The molecule has 0 aromatic heterocycles. The van der Waals surface area contributed by atoms with Gasteiger partial charge in [-0.15, -0.1) is 0 Å². The van der Waals surface area contributed by atoms with E-state index in [-0.39, 0.29) is 11.9 Å². The third-order valence-electron chi connectivity index (χ3n) is 2.21.